The Morgan fingerprint density at radius 3 is 2.29 bits per heavy atom. The van der Waals surface area contributed by atoms with Gasteiger partial charge in [-0.1, -0.05) is 0 Å². The topological polar surface area (TPSA) is 61.2 Å². The molecule has 1 aromatic carbocycles. The molecule has 0 aliphatic rings. The summed E-state index contributed by atoms with van der Waals surface area (Å²) >= 11 is 0. The Morgan fingerprint density at radius 1 is 1.33 bits per heavy atom. The third-order valence-electron chi connectivity index (χ3n) is 2.80. The standard InChI is InChI=1S/C13H15F3N2O2S/c1-9(2)18(8-13(14,15)16)21(19,20)12-5-4-11(7-17)6-10(12)3/h4-6,9H,8H2,1-3H3. The van der Waals surface area contributed by atoms with Crippen molar-refractivity contribution < 1.29 is 21.6 Å². The molecule has 0 radical (unpaired) electrons. The van der Waals surface area contributed by atoms with Crippen molar-refractivity contribution in [3.05, 3.63) is 29.3 Å². The zero-order chi connectivity index (χ0) is 16.4. The molecule has 0 bridgehead atoms. The number of nitriles is 1. The van der Waals surface area contributed by atoms with Crippen molar-refractivity contribution in [2.75, 3.05) is 6.54 Å². The summed E-state index contributed by atoms with van der Waals surface area (Å²) in [4.78, 5) is -0.223. The first-order valence-electron chi connectivity index (χ1n) is 6.08. The predicted octanol–water partition coefficient (Wildman–Crippen LogP) is 2.83. The predicted molar refractivity (Wildman–Crippen MR) is 71.0 cm³/mol. The molecule has 0 aromatic heterocycles. The van der Waals surface area contributed by atoms with Crippen LogP contribution in [0.25, 0.3) is 0 Å². The van der Waals surface area contributed by atoms with E-state index in [2.05, 4.69) is 0 Å². The van der Waals surface area contributed by atoms with Crippen LogP contribution in [0.1, 0.15) is 25.0 Å². The van der Waals surface area contributed by atoms with Gasteiger partial charge in [-0.25, -0.2) is 8.42 Å². The Bertz CT molecular complexity index is 661. The van der Waals surface area contributed by atoms with Gasteiger partial charge >= 0.3 is 6.18 Å². The molecule has 0 saturated carbocycles. The van der Waals surface area contributed by atoms with Crippen LogP contribution in [0, 0.1) is 18.3 Å². The Morgan fingerprint density at radius 2 is 1.90 bits per heavy atom. The fourth-order valence-corrected chi connectivity index (χ4v) is 3.69. The molecule has 1 aromatic rings. The molecular weight excluding hydrogens is 305 g/mol. The van der Waals surface area contributed by atoms with Gasteiger partial charge in [0.2, 0.25) is 10.0 Å². The summed E-state index contributed by atoms with van der Waals surface area (Å²) in [5.41, 5.74) is 0.486. The third-order valence-corrected chi connectivity index (χ3v) is 4.98. The summed E-state index contributed by atoms with van der Waals surface area (Å²) < 4.78 is 63.0. The van der Waals surface area contributed by atoms with E-state index in [1.807, 2.05) is 6.07 Å². The molecule has 21 heavy (non-hydrogen) atoms. The second-order valence-electron chi connectivity index (χ2n) is 4.85. The van der Waals surface area contributed by atoms with Crippen molar-refractivity contribution >= 4 is 10.0 Å². The first-order valence-corrected chi connectivity index (χ1v) is 7.52. The number of hydrogen-bond donors (Lipinski definition) is 0. The van der Waals surface area contributed by atoms with E-state index in [9.17, 15) is 21.6 Å². The van der Waals surface area contributed by atoms with E-state index in [0.717, 1.165) is 6.07 Å². The summed E-state index contributed by atoms with van der Waals surface area (Å²) in [5.74, 6) is 0. The van der Waals surface area contributed by atoms with E-state index >= 15 is 0 Å². The molecule has 4 nitrogen and oxygen atoms in total. The average molecular weight is 320 g/mol. The van der Waals surface area contributed by atoms with Gasteiger partial charge in [0.25, 0.3) is 0 Å². The number of benzene rings is 1. The van der Waals surface area contributed by atoms with Crippen molar-refractivity contribution in [3.63, 3.8) is 0 Å². The van der Waals surface area contributed by atoms with Gasteiger partial charge in [0.1, 0.15) is 6.54 Å². The van der Waals surface area contributed by atoms with Crippen LogP contribution in [0.2, 0.25) is 0 Å². The Labute approximate surface area is 121 Å². The van der Waals surface area contributed by atoms with Gasteiger partial charge in [-0.2, -0.15) is 22.7 Å². The minimum Gasteiger partial charge on any atom is -0.207 e. The van der Waals surface area contributed by atoms with E-state index in [4.69, 9.17) is 5.26 Å². The lowest BCUT2D eigenvalue weighted by Crippen LogP contribution is -2.43. The lowest BCUT2D eigenvalue weighted by molar-refractivity contribution is -0.138. The first-order chi connectivity index (χ1) is 9.49. The number of rotatable bonds is 4. The fourth-order valence-electron chi connectivity index (χ4n) is 1.86. The monoisotopic (exact) mass is 320 g/mol. The van der Waals surface area contributed by atoms with Gasteiger partial charge in [0, 0.05) is 6.04 Å². The quantitative estimate of drug-likeness (QED) is 0.857. The summed E-state index contributed by atoms with van der Waals surface area (Å²) in [6.45, 7) is 2.65. The highest BCUT2D eigenvalue weighted by atomic mass is 32.2. The van der Waals surface area contributed by atoms with Crippen molar-refractivity contribution in [1.29, 1.82) is 5.26 Å². The van der Waals surface area contributed by atoms with Crippen LogP contribution in [-0.4, -0.2) is 31.5 Å². The highest BCUT2D eigenvalue weighted by molar-refractivity contribution is 7.89. The Hall–Kier alpha value is -1.59. The molecule has 8 heteroatoms. The average Bonchev–Trinajstić information content (AvgIpc) is 2.33. The van der Waals surface area contributed by atoms with E-state index in [1.54, 1.807) is 0 Å². The number of sulfonamides is 1. The number of alkyl halides is 3. The van der Waals surface area contributed by atoms with Crippen LogP contribution in [-0.2, 0) is 10.0 Å². The van der Waals surface area contributed by atoms with E-state index in [-0.39, 0.29) is 16.0 Å². The lowest BCUT2D eigenvalue weighted by atomic mass is 10.2. The number of hydrogen-bond acceptors (Lipinski definition) is 3. The zero-order valence-electron chi connectivity index (χ0n) is 11.8. The second-order valence-corrected chi connectivity index (χ2v) is 6.71. The SMILES string of the molecule is Cc1cc(C#N)ccc1S(=O)(=O)N(CC(F)(F)F)C(C)C. The van der Waals surface area contributed by atoms with Crippen LogP contribution < -0.4 is 0 Å². The van der Waals surface area contributed by atoms with E-state index in [0.29, 0.717) is 4.31 Å². The highest BCUT2D eigenvalue weighted by Crippen LogP contribution is 2.26. The number of aryl methyl sites for hydroxylation is 1. The van der Waals surface area contributed by atoms with Crippen LogP contribution in [0.15, 0.2) is 23.1 Å². The van der Waals surface area contributed by atoms with Gasteiger partial charge in [-0.15, -0.1) is 0 Å². The van der Waals surface area contributed by atoms with Crippen LogP contribution in [0.5, 0.6) is 0 Å². The second kappa shape index (κ2) is 6.03. The summed E-state index contributed by atoms with van der Waals surface area (Å²) in [5, 5.41) is 8.75. The Balaban J connectivity index is 3.34. The van der Waals surface area contributed by atoms with Gasteiger partial charge < -0.3 is 0 Å². The van der Waals surface area contributed by atoms with Crippen molar-refractivity contribution in [3.8, 4) is 6.07 Å². The zero-order valence-corrected chi connectivity index (χ0v) is 12.6. The summed E-state index contributed by atoms with van der Waals surface area (Å²) in [6.07, 6.45) is -4.63. The molecule has 0 saturated heterocycles. The van der Waals surface area contributed by atoms with Crippen molar-refractivity contribution in [1.82, 2.24) is 4.31 Å². The highest BCUT2D eigenvalue weighted by Gasteiger charge is 2.38. The molecule has 0 fully saturated rings. The van der Waals surface area contributed by atoms with Gasteiger partial charge in [0.15, 0.2) is 0 Å². The molecule has 116 valence electrons. The number of halogens is 3. The molecule has 0 aliphatic carbocycles. The minimum atomic E-state index is -4.63. The maximum Gasteiger partial charge on any atom is 0.402 e. The van der Waals surface area contributed by atoms with Gasteiger partial charge in [0.05, 0.1) is 16.5 Å². The van der Waals surface area contributed by atoms with Crippen LogP contribution >= 0.6 is 0 Å². The Kier molecular flexibility index (Phi) is 5.02. The maximum absolute atomic E-state index is 12.6. The van der Waals surface area contributed by atoms with Crippen molar-refractivity contribution in [2.45, 2.75) is 37.9 Å². The molecule has 0 spiro atoms. The molecule has 0 atom stereocenters. The van der Waals surface area contributed by atoms with Gasteiger partial charge in [-0.3, -0.25) is 0 Å². The molecule has 0 N–H and O–H groups in total. The first kappa shape index (κ1) is 17.5. The van der Waals surface area contributed by atoms with Crippen molar-refractivity contribution in [2.24, 2.45) is 0 Å². The molecule has 0 aliphatic heterocycles. The van der Waals surface area contributed by atoms with Gasteiger partial charge in [-0.05, 0) is 44.5 Å². The largest absolute Gasteiger partial charge is 0.402 e. The van der Waals surface area contributed by atoms with Crippen LogP contribution in [0.4, 0.5) is 13.2 Å². The fraction of sp³-hybridized carbons (Fsp3) is 0.462. The lowest BCUT2D eigenvalue weighted by Gasteiger charge is -2.27. The third kappa shape index (κ3) is 4.19. The smallest absolute Gasteiger partial charge is 0.207 e. The molecular formula is C13H15F3N2O2S. The molecule has 0 heterocycles. The minimum absolute atomic E-state index is 0.223. The molecule has 0 unspecified atom stereocenters. The molecule has 1 rings (SSSR count). The maximum atomic E-state index is 12.6. The summed E-state index contributed by atoms with van der Waals surface area (Å²) in [7, 11) is -4.29. The normalized spacial score (nSPS) is 12.7. The number of nitrogens with zero attached hydrogens (tertiary/aromatic N) is 2. The summed E-state index contributed by atoms with van der Waals surface area (Å²) in [6, 6.07) is 4.77. The van der Waals surface area contributed by atoms with E-state index in [1.165, 1.54) is 32.9 Å². The molecule has 0 amide bonds. The van der Waals surface area contributed by atoms with Crippen LogP contribution in [0.3, 0.4) is 0 Å². The van der Waals surface area contributed by atoms with E-state index < -0.39 is 28.8 Å².